The van der Waals surface area contributed by atoms with Gasteiger partial charge in [0.15, 0.2) is 0 Å². The number of carbonyl (C=O) groups excluding carboxylic acids is 1. The monoisotopic (exact) mass is 354 g/mol. The van der Waals surface area contributed by atoms with Crippen molar-refractivity contribution in [2.45, 2.75) is 46.6 Å². The summed E-state index contributed by atoms with van der Waals surface area (Å²) < 4.78 is 2.00. The van der Waals surface area contributed by atoms with Crippen LogP contribution in [0, 0.1) is 32.6 Å². The van der Waals surface area contributed by atoms with E-state index in [2.05, 4.69) is 26.0 Å². The second kappa shape index (κ2) is 7.62. The molecule has 0 unspecified atom stereocenters. The minimum atomic E-state index is 0.0806. The van der Waals surface area contributed by atoms with Crippen molar-refractivity contribution in [1.29, 1.82) is 0 Å². The minimum absolute atomic E-state index is 0.0806. The van der Waals surface area contributed by atoms with E-state index in [1.807, 2.05) is 35.7 Å². The van der Waals surface area contributed by atoms with Gasteiger partial charge in [-0.15, -0.1) is 0 Å². The lowest BCUT2D eigenvalue weighted by Gasteiger charge is -2.24. The summed E-state index contributed by atoms with van der Waals surface area (Å²) in [6.07, 6.45) is 3.14. The summed E-state index contributed by atoms with van der Waals surface area (Å²) in [7, 11) is 1.90. The normalized spacial score (nSPS) is 19.7. The molecule has 140 valence electrons. The van der Waals surface area contributed by atoms with Gasteiger partial charge in [-0.1, -0.05) is 24.6 Å². The Bertz CT molecular complexity index is 795. The van der Waals surface area contributed by atoms with Gasteiger partial charge in [0.2, 0.25) is 5.91 Å². The van der Waals surface area contributed by atoms with Crippen LogP contribution in [0.3, 0.4) is 0 Å². The highest BCUT2D eigenvalue weighted by Crippen LogP contribution is 2.32. The van der Waals surface area contributed by atoms with Gasteiger partial charge in [0.1, 0.15) is 0 Å². The van der Waals surface area contributed by atoms with Crippen molar-refractivity contribution in [3.8, 4) is 5.69 Å². The molecule has 1 heterocycles. The van der Waals surface area contributed by atoms with Crippen LogP contribution in [-0.2, 0) is 11.3 Å². The molecule has 0 bridgehead atoms. The van der Waals surface area contributed by atoms with Crippen molar-refractivity contribution in [2.75, 3.05) is 13.6 Å². The molecule has 1 amide bonds. The molecular formula is C21H30N4O. The highest BCUT2D eigenvalue weighted by Gasteiger charge is 2.34. The van der Waals surface area contributed by atoms with Crippen molar-refractivity contribution in [2.24, 2.45) is 17.6 Å². The molecule has 5 nitrogen and oxygen atoms in total. The lowest BCUT2D eigenvalue weighted by atomic mass is 9.94. The Morgan fingerprint density at radius 2 is 2.00 bits per heavy atom. The Morgan fingerprint density at radius 1 is 1.27 bits per heavy atom. The minimum Gasteiger partial charge on any atom is -0.341 e. The van der Waals surface area contributed by atoms with Crippen LogP contribution >= 0.6 is 0 Å². The van der Waals surface area contributed by atoms with E-state index in [0.29, 0.717) is 19.0 Å². The fourth-order valence-electron chi connectivity index (χ4n) is 4.18. The second-order valence-electron chi connectivity index (χ2n) is 7.58. The summed E-state index contributed by atoms with van der Waals surface area (Å²) in [6.45, 7) is 7.39. The standard InChI is InChI=1S/C21H30N4O/c1-14-8-5-6-11-20(14)25-16(3)19(15(2)23-25)13-24(4)21(26)18-10-7-9-17(18)12-22/h5-6,8,11,17-18H,7,9-10,12-13,22H2,1-4H3/t17-,18-/m1/s1. The van der Waals surface area contributed by atoms with Crippen LogP contribution in [-0.4, -0.2) is 34.2 Å². The average Bonchev–Trinajstić information content (AvgIpc) is 3.21. The summed E-state index contributed by atoms with van der Waals surface area (Å²) in [5.74, 6) is 0.638. The predicted octanol–water partition coefficient (Wildman–Crippen LogP) is 3.13. The topological polar surface area (TPSA) is 64.2 Å². The van der Waals surface area contributed by atoms with Crippen LogP contribution < -0.4 is 5.73 Å². The van der Waals surface area contributed by atoms with Gasteiger partial charge < -0.3 is 10.6 Å². The SMILES string of the molecule is Cc1ccccc1-n1nc(C)c(CN(C)C(=O)[C@@H]2CCC[C@@H]2CN)c1C. The molecule has 2 aromatic rings. The summed E-state index contributed by atoms with van der Waals surface area (Å²) in [5.41, 5.74) is 11.3. The van der Waals surface area contributed by atoms with E-state index in [9.17, 15) is 4.79 Å². The van der Waals surface area contributed by atoms with E-state index in [1.165, 1.54) is 5.56 Å². The maximum atomic E-state index is 12.9. The van der Waals surface area contributed by atoms with Gasteiger partial charge in [-0.3, -0.25) is 4.79 Å². The smallest absolute Gasteiger partial charge is 0.226 e. The first kappa shape index (κ1) is 18.6. The van der Waals surface area contributed by atoms with Crippen LogP contribution in [0.5, 0.6) is 0 Å². The van der Waals surface area contributed by atoms with Gasteiger partial charge in [0, 0.05) is 30.8 Å². The molecule has 1 aromatic heterocycles. The summed E-state index contributed by atoms with van der Waals surface area (Å²) in [5, 5.41) is 4.74. The van der Waals surface area contributed by atoms with Crippen molar-refractivity contribution in [3.05, 3.63) is 46.8 Å². The Kier molecular flexibility index (Phi) is 5.47. The molecule has 0 aliphatic heterocycles. The number of amides is 1. The molecule has 2 atom stereocenters. The molecule has 0 radical (unpaired) electrons. The maximum absolute atomic E-state index is 12.9. The van der Waals surface area contributed by atoms with Crippen molar-refractivity contribution in [3.63, 3.8) is 0 Å². The van der Waals surface area contributed by atoms with Gasteiger partial charge >= 0.3 is 0 Å². The van der Waals surface area contributed by atoms with E-state index in [-0.39, 0.29) is 11.8 Å². The first-order valence-corrected chi connectivity index (χ1v) is 9.50. The number of hydrogen-bond donors (Lipinski definition) is 1. The third kappa shape index (κ3) is 3.40. The number of aryl methyl sites for hydroxylation is 2. The largest absolute Gasteiger partial charge is 0.341 e. The first-order valence-electron chi connectivity index (χ1n) is 9.50. The molecule has 1 aliphatic carbocycles. The third-order valence-corrected chi connectivity index (χ3v) is 5.84. The number of nitrogens with zero attached hydrogens (tertiary/aromatic N) is 3. The maximum Gasteiger partial charge on any atom is 0.226 e. The summed E-state index contributed by atoms with van der Waals surface area (Å²) in [4.78, 5) is 14.8. The molecule has 0 saturated heterocycles. The van der Waals surface area contributed by atoms with E-state index < -0.39 is 0 Å². The van der Waals surface area contributed by atoms with Gasteiger partial charge in [-0.25, -0.2) is 4.68 Å². The van der Waals surface area contributed by atoms with Gasteiger partial charge in [-0.2, -0.15) is 5.10 Å². The lowest BCUT2D eigenvalue weighted by Crippen LogP contribution is -2.36. The summed E-state index contributed by atoms with van der Waals surface area (Å²) >= 11 is 0. The molecule has 3 rings (SSSR count). The van der Waals surface area contributed by atoms with Crippen LogP contribution in [0.25, 0.3) is 5.69 Å². The number of para-hydroxylation sites is 1. The molecule has 1 fully saturated rings. The van der Waals surface area contributed by atoms with E-state index in [4.69, 9.17) is 10.8 Å². The number of aromatic nitrogens is 2. The molecular weight excluding hydrogens is 324 g/mol. The van der Waals surface area contributed by atoms with Crippen molar-refractivity contribution < 1.29 is 4.79 Å². The predicted molar refractivity (Wildman–Crippen MR) is 104 cm³/mol. The molecule has 26 heavy (non-hydrogen) atoms. The molecule has 5 heteroatoms. The Labute approximate surface area is 156 Å². The molecule has 0 spiro atoms. The van der Waals surface area contributed by atoms with Crippen LogP contribution in [0.1, 0.15) is 41.8 Å². The lowest BCUT2D eigenvalue weighted by molar-refractivity contribution is -0.135. The Balaban J connectivity index is 1.82. The average molecular weight is 354 g/mol. The van der Waals surface area contributed by atoms with Crippen molar-refractivity contribution >= 4 is 5.91 Å². The molecule has 1 aliphatic rings. The van der Waals surface area contributed by atoms with Gasteiger partial charge in [0.05, 0.1) is 11.4 Å². The molecule has 1 aromatic carbocycles. The Morgan fingerprint density at radius 3 is 2.69 bits per heavy atom. The molecule has 1 saturated carbocycles. The third-order valence-electron chi connectivity index (χ3n) is 5.84. The van der Waals surface area contributed by atoms with Crippen molar-refractivity contribution in [1.82, 2.24) is 14.7 Å². The number of nitrogens with two attached hydrogens (primary N) is 1. The fourth-order valence-corrected chi connectivity index (χ4v) is 4.18. The van der Waals surface area contributed by atoms with Crippen LogP contribution in [0.2, 0.25) is 0 Å². The first-order chi connectivity index (χ1) is 12.4. The molecule has 2 N–H and O–H groups in total. The number of carbonyl (C=O) groups is 1. The van der Waals surface area contributed by atoms with E-state index in [1.54, 1.807) is 0 Å². The summed E-state index contributed by atoms with van der Waals surface area (Å²) in [6, 6.07) is 8.24. The van der Waals surface area contributed by atoms with Gasteiger partial charge in [-0.05, 0) is 57.7 Å². The van der Waals surface area contributed by atoms with Gasteiger partial charge in [0.25, 0.3) is 0 Å². The second-order valence-corrected chi connectivity index (χ2v) is 7.58. The van der Waals surface area contributed by atoms with Crippen LogP contribution in [0.15, 0.2) is 24.3 Å². The zero-order valence-electron chi connectivity index (χ0n) is 16.3. The number of benzene rings is 1. The van der Waals surface area contributed by atoms with E-state index >= 15 is 0 Å². The number of hydrogen-bond acceptors (Lipinski definition) is 3. The zero-order valence-corrected chi connectivity index (χ0v) is 16.3. The highest BCUT2D eigenvalue weighted by molar-refractivity contribution is 5.79. The number of rotatable bonds is 5. The quantitative estimate of drug-likeness (QED) is 0.897. The van der Waals surface area contributed by atoms with Crippen LogP contribution in [0.4, 0.5) is 0 Å². The Hall–Kier alpha value is -2.14. The fraction of sp³-hybridized carbons (Fsp3) is 0.524. The highest BCUT2D eigenvalue weighted by atomic mass is 16.2. The zero-order chi connectivity index (χ0) is 18.8. The van der Waals surface area contributed by atoms with E-state index in [0.717, 1.165) is 41.9 Å².